The Bertz CT molecular complexity index is 1420. The van der Waals surface area contributed by atoms with Crippen LogP contribution in [0.2, 0.25) is 0 Å². The molecule has 15 heteroatoms. The number of ether oxygens (including phenoxy) is 2. The third-order valence-corrected chi connectivity index (χ3v) is 9.64. The molecule has 3 aromatic rings. The highest BCUT2D eigenvalue weighted by Crippen LogP contribution is 2.22. The molecule has 3 rings (SSSR count). The number of hydrogen-bond donors (Lipinski definition) is 2. The third kappa shape index (κ3) is 7.55. The van der Waals surface area contributed by atoms with Gasteiger partial charge >= 0.3 is 0 Å². The van der Waals surface area contributed by atoms with Gasteiger partial charge in [0.15, 0.2) is 0 Å². The molecule has 206 valence electrons. The highest BCUT2D eigenvalue weighted by Gasteiger charge is 2.24. The zero-order valence-corrected chi connectivity index (χ0v) is 23.5. The van der Waals surface area contributed by atoms with Crippen molar-refractivity contribution in [3.63, 3.8) is 0 Å². The summed E-state index contributed by atoms with van der Waals surface area (Å²) in [6.07, 6.45) is 0.646. The van der Waals surface area contributed by atoms with Gasteiger partial charge in [0.1, 0.15) is 5.01 Å². The molecule has 0 spiro atoms. The van der Waals surface area contributed by atoms with E-state index < -0.39 is 26.0 Å². The van der Waals surface area contributed by atoms with E-state index in [-0.39, 0.29) is 46.8 Å². The Labute approximate surface area is 226 Å². The molecule has 0 saturated heterocycles. The summed E-state index contributed by atoms with van der Waals surface area (Å²) in [5, 5.41) is 11.2. The zero-order valence-electron chi connectivity index (χ0n) is 21.1. The number of aryl methyl sites for hydroxylation is 1. The summed E-state index contributed by atoms with van der Waals surface area (Å²) in [5.74, 6) is -0.487. The lowest BCUT2D eigenvalue weighted by molar-refractivity contribution is 0.102. The number of methoxy groups -OCH3 is 2. The largest absolute Gasteiger partial charge is 0.383 e. The molecule has 0 aliphatic heterocycles. The van der Waals surface area contributed by atoms with E-state index in [9.17, 15) is 21.6 Å². The summed E-state index contributed by atoms with van der Waals surface area (Å²) in [6.45, 7) is 2.66. The lowest BCUT2D eigenvalue weighted by atomic mass is 10.2. The minimum absolute atomic E-state index is 0.00944. The quantitative estimate of drug-likeness (QED) is 0.291. The molecular weight excluding hydrogens is 554 g/mol. The van der Waals surface area contributed by atoms with E-state index in [1.165, 1.54) is 67.1 Å². The van der Waals surface area contributed by atoms with Crippen molar-refractivity contribution < 1.29 is 31.1 Å². The Balaban J connectivity index is 1.67. The molecule has 0 atom stereocenters. The topological polar surface area (TPSA) is 157 Å². The van der Waals surface area contributed by atoms with Crippen LogP contribution in [0.3, 0.4) is 0 Å². The highest BCUT2D eigenvalue weighted by atomic mass is 32.2. The van der Waals surface area contributed by atoms with E-state index in [0.717, 1.165) is 11.3 Å². The average molecular weight is 584 g/mol. The van der Waals surface area contributed by atoms with E-state index in [2.05, 4.69) is 20.2 Å². The van der Waals surface area contributed by atoms with Crippen molar-refractivity contribution in [1.29, 1.82) is 0 Å². The maximum atomic E-state index is 13.0. The molecule has 0 aliphatic carbocycles. The summed E-state index contributed by atoms with van der Waals surface area (Å²) in [5.41, 5.74) is 0.589. The molecule has 0 unspecified atom stereocenters. The van der Waals surface area contributed by atoms with E-state index >= 15 is 0 Å². The molecule has 0 radical (unpaired) electrons. The van der Waals surface area contributed by atoms with Crippen molar-refractivity contribution in [2.75, 3.05) is 50.6 Å². The number of sulfonamides is 2. The van der Waals surface area contributed by atoms with Crippen molar-refractivity contribution in [3.05, 3.63) is 59.1 Å². The van der Waals surface area contributed by atoms with Crippen molar-refractivity contribution >= 4 is 48.1 Å². The number of nitrogens with zero attached hydrogens (tertiary/aromatic N) is 3. The fraction of sp³-hybridized carbons (Fsp3) is 0.348. The van der Waals surface area contributed by atoms with Crippen LogP contribution in [0.1, 0.15) is 22.3 Å². The van der Waals surface area contributed by atoms with Gasteiger partial charge in [-0.2, -0.15) is 4.31 Å². The molecule has 0 saturated carbocycles. The van der Waals surface area contributed by atoms with Crippen molar-refractivity contribution in [2.45, 2.75) is 23.1 Å². The van der Waals surface area contributed by atoms with Gasteiger partial charge in [0, 0.05) is 38.6 Å². The van der Waals surface area contributed by atoms with Crippen LogP contribution in [0.25, 0.3) is 0 Å². The second-order valence-electron chi connectivity index (χ2n) is 7.85. The minimum Gasteiger partial charge on any atom is -0.383 e. The summed E-state index contributed by atoms with van der Waals surface area (Å²) < 4.78 is 64.9. The van der Waals surface area contributed by atoms with Gasteiger partial charge < -0.3 is 14.8 Å². The molecule has 2 aromatic carbocycles. The molecule has 0 aliphatic rings. The maximum Gasteiger partial charge on any atom is 0.263 e. The Hall–Kier alpha value is -2.95. The zero-order chi connectivity index (χ0) is 27.8. The first-order chi connectivity index (χ1) is 18.1. The molecule has 38 heavy (non-hydrogen) atoms. The second-order valence-corrected chi connectivity index (χ2v) is 12.5. The standard InChI is InChI=1S/C23H29N5O7S3/c1-4-21-25-26-23(36-21)27-37(30,31)19-11-7-18(8-12-19)24-22(29)17-5-9-20(10-6-17)38(32,33)28(13-15-34-2)14-16-35-3/h5-12H,4,13-16H2,1-3H3,(H,24,29)(H,26,27). The third-order valence-electron chi connectivity index (χ3n) is 5.26. The lowest BCUT2D eigenvalue weighted by Crippen LogP contribution is -2.36. The fourth-order valence-corrected chi connectivity index (χ4v) is 6.52. The molecule has 2 N–H and O–H groups in total. The summed E-state index contributed by atoms with van der Waals surface area (Å²) in [7, 11) is -4.72. The van der Waals surface area contributed by atoms with Crippen LogP contribution >= 0.6 is 11.3 Å². The first kappa shape index (κ1) is 29.6. The normalized spacial score (nSPS) is 12.0. The van der Waals surface area contributed by atoms with Crippen molar-refractivity contribution in [1.82, 2.24) is 14.5 Å². The smallest absolute Gasteiger partial charge is 0.263 e. The van der Waals surface area contributed by atoms with Crippen molar-refractivity contribution in [3.8, 4) is 0 Å². The van der Waals surface area contributed by atoms with Crippen LogP contribution < -0.4 is 10.0 Å². The van der Waals surface area contributed by atoms with Gasteiger partial charge in [0.25, 0.3) is 15.9 Å². The van der Waals surface area contributed by atoms with Gasteiger partial charge in [-0.1, -0.05) is 18.3 Å². The fourth-order valence-electron chi connectivity index (χ4n) is 3.20. The van der Waals surface area contributed by atoms with Crippen LogP contribution in [0, 0.1) is 0 Å². The van der Waals surface area contributed by atoms with E-state index in [0.29, 0.717) is 17.1 Å². The number of carbonyl (C=O) groups is 1. The molecule has 1 amide bonds. The van der Waals surface area contributed by atoms with Gasteiger partial charge in [0.05, 0.1) is 23.0 Å². The monoisotopic (exact) mass is 583 g/mol. The van der Waals surface area contributed by atoms with E-state index in [1.54, 1.807) is 0 Å². The SMILES string of the molecule is CCc1nnc(NS(=O)(=O)c2ccc(NC(=O)c3ccc(S(=O)(=O)N(CCOC)CCOC)cc3)cc2)s1. The number of carbonyl (C=O) groups excluding carboxylic acids is 1. The van der Waals surface area contributed by atoms with Gasteiger partial charge in [-0.25, -0.2) is 16.8 Å². The van der Waals surface area contributed by atoms with Crippen LogP contribution in [-0.4, -0.2) is 77.8 Å². The first-order valence-electron chi connectivity index (χ1n) is 11.5. The summed E-state index contributed by atoms with van der Waals surface area (Å²) in [4.78, 5) is 12.7. The Kier molecular flexibility index (Phi) is 10.3. The van der Waals surface area contributed by atoms with Crippen molar-refractivity contribution in [2.24, 2.45) is 0 Å². The lowest BCUT2D eigenvalue weighted by Gasteiger charge is -2.21. The summed E-state index contributed by atoms with van der Waals surface area (Å²) >= 11 is 1.15. The Morgan fingerprint density at radius 2 is 1.47 bits per heavy atom. The molecule has 12 nitrogen and oxygen atoms in total. The number of anilines is 2. The van der Waals surface area contributed by atoms with Crippen LogP contribution in [-0.2, 0) is 35.9 Å². The van der Waals surface area contributed by atoms with E-state index in [4.69, 9.17) is 9.47 Å². The Morgan fingerprint density at radius 1 is 0.895 bits per heavy atom. The highest BCUT2D eigenvalue weighted by molar-refractivity contribution is 7.93. The van der Waals surface area contributed by atoms with Gasteiger partial charge in [-0.15, -0.1) is 10.2 Å². The molecule has 1 aromatic heterocycles. The van der Waals surface area contributed by atoms with Gasteiger partial charge in [-0.05, 0) is 55.0 Å². The second kappa shape index (κ2) is 13.2. The Morgan fingerprint density at radius 3 is 2.00 bits per heavy atom. The number of rotatable bonds is 14. The molecule has 0 fully saturated rings. The predicted octanol–water partition coefficient (Wildman–Crippen LogP) is 2.44. The minimum atomic E-state index is -3.87. The van der Waals surface area contributed by atoms with Crippen LogP contribution in [0.4, 0.5) is 10.8 Å². The average Bonchev–Trinajstić information content (AvgIpc) is 3.35. The van der Waals surface area contributed by atoms with E-state index in [1.807, 2.05) is 6.92 Å². The first-order valence-corrected chi connectivity index (χ1v) is 15.2. The number of hydrogen-bond acceptors (Lipinski definition) is 10. The van der Waals surface area contributed by atoms with Crippen LogP contribution in [0.15, 0.2) is 58.3 Å². The predicted molar refractivity (Wildman–Crippen MR) is 143 cm³/mol. The number of benzene rings is 2. The summed E-state index contributed by atoms with van der Waals surface area (Å²) in [6, 6.07) is 11.1. The number of nitrogens with one attached hydrogen (secondary N) is 2. The molecule has 0 bridgehead atoms. The molecule has 1 heterocycles. The van der Waals surface area contributed by atoms with Gasteiger partial charge in [-0.3, -0.25) is 9.52 Å². The molecular formula is C23H29N5O7S3. The van der Waals surface area contributed by atoms with Crippen LogP contribution in [0.5, 0.6) is 0 Å². The number of amides is 1. The van der Waals surface area contributed by atoms with Gasteiger partial charge in [0.2, 0.25) is 15.2 Å². The maximum absolute atomic E-state index is 13.0. The number of aromatic nitrogens is 2.